The molecule has 1 aliphatic rings. The molecule has 1 amide bonds. The summed E-state index contributed by atoms with van der Waals surface area (Å²) in [6.45, 7) is 1.78. The quantitative estimate of drug-likeness (QED) is 0.780. The normalized spacial score (nSPS) is 16.7. The van der Waals surface area contributed by atoms with Crippen molar-refractivity contribution in [2.75, 3.05) is 14.2 Å². The molecule has 6 nitrogen and oxygen atoms in total. The molecule has 2 rings (SSSR count). The molecule has 1 unspecified atom stereocenters. The number of methoxy groups -OCH3 is 2. The summed E-state index contributed by atoms with van der Waals surface area (Å²) < 4.78 is 10.4. The van der Waals surface area contributed by atoms with E-state index in [-0.39, 0.29) is 6.04 Å². The zero-order valence-electron chi connectivity index (χ0n) is 12.3. The fraction of sp³-hybridized carbons (Fsp3) is 0.467. The van der Waals surface area contributed by atoms with Gasteiger partial charge in [-0.15, -0.1) is 0 Å². The van der Waals surface area contributed by atoms with Gasteiger partial charge in [0.1, 0.15) is 16.9 Å². The zero-order valence-corrected chi connectivity index (χ0v) is 12.3. The van der Waals surface area contributed by atoms with Crippen LogP contribution in [-0.2, 0) is 9.59 Å². The molecule has 2 N–H and O–H groups in total. The number of carboxylic acids is 1. The van der Waals surface area contributed by atoms with E-state index in [2.05, 4.69) is 5.32 Å². The van der Waals surface area contributed by atoms with Gasteiger partial charge in [0.05, 0.1) is 20.3 Å². The summed E-state index contributed by atoms with van der Waals surface area (Å²) in [7, 11) is 3.10. The molecule has 1 saturated carbocycles. The summed E-state index contributed by atoms with van der Waals surface area (Å²) in [5, 5.41) is 11.9. The average molecular weight is 293 g/mol. The largest absolute Gasteiger partial charge is 0.497 e. The SMILES string of the molecule is COc1ccc(OC)c(C(C)NC(=O)C2(C(=O)O)CC2)c1. The summed E-state index contributed by atoms with van der Waals surface area (Å²) in [6, 6.07) is 4.90. The van der Waals surface area contributed by atoms with Gasteiger partial charge in [-0.1, -0.05) is 0 Å². The van der Waals surface area contributed by atoms with Gasteiger partial charge in [-0.05, 0) is 38.0 Å². The first-order valence-electron chi connectivity index (χ1n) is 6.71. The van der Waals surface area contributed by atoms with Crippen molar-refractivity contribution < 1.29 is 24.2 Å². The molecule has 0 aromatic heterocycles. The van der Waals surface area contributed by atoms with Gasteiger partial charge < -0.3 is 19.9 Å². The van der Waals surface area contributed by atoms with E-state index < -0.39 is 17.3 Å². The highest BCUT2D eigenvalue weighted by Crippen LogP contribution is 2.46. The van der Waals surface area contributed by atoms with Crippen LogP contribution in [0.2, 0.25) is 0 Å². The van der Waals surface area contributed by atoms with Crippen molar-refractivity contribution in [3.05, 3.63) is 23.8 Å². The molecular weight excluding hydrogens is 274 g/mol. The molecule has 0 spiro atoms. The lowest BCUT2D eigenvalue weighted by atomic mass is 10.0. The fourth-order valence-corrected chi connectivity index (χ4v) is 2.25. The monoisotopic (exact) mass is 293 g/mol. The number of carboxylic acid groups (broad SMARTS) is 1. The van der Waals surface area contributed by atoms with Crippen LogP contribution in [0.25, 0.3) is 0 Å². The molecule has 114 valence electrons. The lowest BCUT2D eigenvalue weighted by molar-refractivity contribution is -0.149. The van der Waals surface area contributed by atoms with Crippen molar-refractivity contribution >= 4 is 11.9 Å². The van der Waals surface area contributed by atoms with Crippen molar-refractivity contribution in [1.29, 1.82) is 0 Å². The Balaban J connectivity index is 2.18. The van der Waals surface area contributed by atoms with E-state index in [9.17, 15) is 9.59 Å². The van der Waals surface area contributed by atoms with E-state index in [1.165, 1.54) is 0 Å². The molecule has 1 aromatic rings. The third kappa shape index (κ3) is 2.79. The fourth-order valence-electron chi connectivity index (χ4n) is 2.25. The van der Waals surface area contributed by atoms with Gasteiger partial charge in [0.15, 0.2) is 0 Å². The maximum Gasteiger partial charge on any atom is 0.319 e. The Kier molecular flexibility index (Phi) is 4.06. The Labute approximate surface area is 123 Å². The Bertz CT molecular complexity index is 565. The number of hydrogen-bond acceptors (Lipinski definition) is 4. The van der Waals surface area contributed by atoms with Crippen LogP contribution in [0.3, 0.4) is 0 Å². The molecule has 0 radical (unpaired) electrons. The minimum absolute atomic E-state index is 0.376. The third-order valence-corrected chi connectivity index (χ3v) is 3.85. The number of ether oxygens (including phenoxy) is 2. The number of nitrogens with one attached hydrogen (secondary N) is 1. The van der Waals surface area contributed by atoms with Crippen LogP contribution in [0, 0.1) is 5.41 Å². The van der Waals surface area contributed by atoms with Crippen LogP contribution in [0.15, 0.2) is 18.2 Å². The smallest absolute Gasteiger partial charge is 0.319 e. The van der Waals surface area contributed by atoms with Crippen molar-refractivity contribution in [2.45, 2.75) is 25.8 Å². The van der Waals surface area contributed by atoms with E-state index in [0.717, 1.165) is 5.56 Å². The molecule has 0 bridgehead atoms. The van der Waals surface area contributed by atoms with Gasteiger partial charge in [0.2, 0.25) is 5.91 Å². The Morgan fingerprint density at radius 2 is 1.95 bits per heavy atom. The first-order chi connectivity index (χ1) is 9.94. The second-order valence-electron chi connectivity index (χ2n) is 5.19. The van der Waals surface area contributed by atoms with Gasteiger partial charge in [0, 0.05) is 5.56 Å². The summed E-state index contributed by atoms with van der Waals surface area (Å²) in [6.07, 6.45) is 0.770. The summed E-state index contributed by atoms with van der Waals surface area (Å²) in [4.78, 5) is 23.3. The first-order valence-corrected chi connectivity index (χ1v) is 6.71. The van der Waals surface area contributed by atoms with Crippen LogP contribution < -0.4 is 14.8 Å². The van der Waals surface area contributed by atoms with Crippen LogP contribution in [0.4, 0.5) is 0 Å². The molecule has 0 aliphatic heterocycles. The van der Waals surface area contributed by atoms with Gasteiger partial charge in [-0.25, -0.2) is 0 Å². The molecule has 1 aromatic carbocycles. The second kappa shape index (κ2) is 5.63. The molecule has 1 aliphatic carbocycles. The summed E-state index contributed by atoms with van der Waals surface area (Å²) in [5.41, 5.74) is -0.508. The van der Waals surface area contributed by atoms with E-state index in [0.29, 0.717) is 24.3 Å². The van der Waals surface area contributed by atoms with Crippen molar-refractivity contribution in [2.24, 2.45) is 5.41 Å². The van der Waals surface area contributed by atoms with Gasteiger partial charge in [0.25, 0.3) is 0 Å². The zero-order chi connectivity index (χ0) is 15.6. The van der Waals surface area contributed by atoms with Crippen LogP contribution in [-0.4, -0.2) is 31.2 Å². The van der Waals surface area contributed by atoms with E-state index in [1.807, 2.05) is 0 Å². The van der Waals surface area contributed by atoms with E-state index >= 15 is 0 Å². The standard InChI is InChI=1S/C15H19NO5/c1-9(16-13(17)15(6-7-15)14(18)19)11-8-10(20-2)4-5-12(11)21-3/h4-5,8-9H,6-7H2,1-3H3,(H,16,17)(H,18,19). The number of aliphatic carboxylic acids is 1. The van der Waals surface area contributed by atoms with Gasteiger partial charge in [-0.3, -0.25) is 9.59 Å². The molecule has 21 heavy (non-hydrogen) atoms. The topological polar surface area (TPSA) is 84.9 Å². The molecule has 0 heterocycles. The minimum Gasteiger partial charge on any atom is -0.497 e. The van der Waals surface area contributed by atoms with Crippen LogP contribution >= 0.6 is 0 Å². The predicted octanol–water partition coefficient (Wildman–Crippen LogP) is 1.75. The highest BCUT2D eigenvalue weighted by molar-refractivity contribution is 6.04. The number of rotatable bonds is 6. The minimum atomic E-state index is -1.25. The summed E-state index contributed by atoms with van der Waals surface area (Å²) >= 11 is 0. The number of benzene rings is 1. The lowest BCUT2D eigenvalue weighted by Gasteiger charge is -2.20. The van der Waals surface area contributed by atoms with E-state index in [4.69, 9.17) is 14.6 Å². The molecule has 1 atom stereocenters. The molecule has 1 fully saturated rings. The van der Waals surface area contributed by atoms with Crippen molar-refractivity contribution in [1.82, 2.24) is 5.32 Å². The number of amides is 1. The van der Waals surface area contributed by atoms with Gasteiger partial charge in [-0.2, -0.15) is 0 Å². The summed E-state index contributed by atoms with van der Waals surface area (Å²) in [5.74, 6) is -0.257. The Hall–Kier alpha value is -2.24. The van der Waals surface area contributed by atoms with Crippen LogP contribution in [0.5, 0.6) is 11.5 Å². The van der Waals surface area contributed by atoms with Crippen LogP contribution in [0.1, 0.15) is 31.4 Å². The Morgan fingerprint density at radius 1 is 1.29 bits per heavy atom. The third-order valence-electron chi connectivity index (χ3n) is 3.85. The maximum absolute atomic E-state index is 12.1. The van der Waals surface area contributed by atoms with Crippen molar-refractivity contribution in [3.8, 4) is 11.5 Å². The molecular formula is C15H19NO5. The second-order valence-corrected chi connectivity index (χ2v) is 5.19. The maximum atomic E-state index is 12.1. The number of hydrogen-bond donors (Lipinski definition) is 2. The Morgan fingerprint density at radius 3 is 2.43 bits per heavy atom. The highest BCUT2D eigenvalue weighted by Gasteiger charge is 2.57. The first kappa shape index (κ1) is 15.2. The number of carbonyl (C=O) groups is 2. The predicted molar refractivity (Wildman–Crippen MR) is 75.4 cm³/mol. The van der Waals surface area contributed by atoms with Gasteiger partial charge >= 0.3 is 5.97 Å². The van der Waals surface area contributed by atoms with E-state index in [1.54, 1.807) is 39.3 Å². The number of carbonyl (C=O) groups excluding carboxylic acids is 1. The van der Waals surface area contributed by atoms with Crippen molar-refractivity contribution in [3.63, 3.8) is 0 Å². The lowest BCUT2D eigenvalue weighted by Crippen LogP contribution is -2.38. The highest BCUT2D eigenvalue weighted by atomic mass is 16.5. The average Bonchev–Trinajstić information content (AvgIpc) is 3.28. The molecule has 0 saturated heterocycles. The molecule has 6 heteroatoms.